The molecule has 0 amide bonds. The summed E-state index contributed by atoms with van der Waals surface area (Å²) in [5, 5.41) is 0. The van der Waals surface area contributed by atoms with Crippen molar-refractivity contribution in [2.45, 2.75) is 6.42 Å². The van der Waals surface area contributed by atoms with E-state index in [4.69, 9.17) is 9.47 Å². The van der Waals surface area contributed by atoms with Crippen molar-refractivity contribution in [1.82, 2.24) is 19.9 Å². The molecule has 3 rings (SSSR count). The number of aromatic nitrogens is 4. The molecule has 20 heavy (non-hydrogen) atoms. The lowest BCUT2D eigenvalue weighted by Crippen LogP contribution is -2.37. The molecule has 108 valence electrons. The van der Waals surface area contributed by atoms with Crippen LogP contribution in [0.25, 0.3) is 11.2 Å². The zero-order valence-electron chi connectivity index (χ0n) is 11.2. The van der Waals surface area contributed by atoms with Crippen molar-refractivity contribution in [1.29, 1.82) is 0 Å². The van der Waals surface area contributed by atoms with Gasteiger partial charge in [0.15, 0.2) is 21.7 Å². The molecule has 1 saturated heterocycles. The summed E-state index contributed by atoms with van der Waals surface area (Å²) in [6.45, 7) is 3.67. The van der Waals surface area contributed by atoms with E-state index < -0.39 is 0 Å². The molecule has 2 aromatic heterocycles. The molecule has 0 unspecified atom stereocenters. The summed E-state index contributed by atoms with van der Waals surface area (Å²) in [7, 11) is 1.67. The third kappa shape index (κ3) is 2.77. The van der Waals surface area contributed by atoms with Gasteiger partial charge in [-0.05, 0) is 15.9 Å². The van der Waals surface area contributed by atoms with Crippen molar-refractivity contribution in [2.75, 3.05) is 44.9 Å². The highest BCUT2D eigenvalue weighted by Crippen LogP contribution is 2.24. The summed E-state index contributed by atoms with van der Waals surface area (Å²) in [6.07, 6.45) is 0.681. The smallest absolute Gasteiger partial charge is 0.176 e. The molecule has 1 aliphatic heterocycles. The minimum Gasteiger partial charge on any atom is -0.384 e. The van der Waals surface area contributed by atoms with Gasteiger partial charge in [-0.2, -0.15) is 0 Å². The SMILES string of the molecule is COCCc1nc(N2CCOCC2)c2nc(Br)[nH]c2n1. The molecule has 0 aliphatic carbocycles. The average Bonchev–Trinajstić information content (AvgIpc) is 2.85. The van der Waals surface area contributed by atoms with Gasteiger partial charge in [-0.1, -0.05) is 0 Å². The predicted octanol–water partition coefficient (Wildman–Crippen LogP) is 1.14. The van der Waals surface area contributed by atoms with E-state index in [1.165, 1.54) is 0 Å². The van der Waals surface area contributed by atoms with Crippen LogP contribution in [0.1, 0.15) is 5.82 Å². The number of halogens is 1. The van der Waals surface area contributed by atoms with E-state index in [-0.39, 0.29) is 0 Å². The fourth-order valence-electron chi connectivity index (χ4n) is 2.20. The molecular formula is C12H16BrN5O2. The summed E-state index contributed by atoms with van der Waals surface area (Å²) in [4.78, 5) is 18.9. The van der Waals surface area contributed by atoms with Gasteiger partial charge in [0.1, 0.15) is 5.82 Å². The second kappa shape index (κ2) is 6.02. The molecule has 8 heteroatoms. The number of imidazole rings is 1. The number of fused-ring (bicyclic) bond motifs is 1. The Morgan fingerprint density at radius 3 is 2.85 bits per heavy atom. The van der Waals surface area contributed by atoms with Gasteiger partial charge in [0, 0.05) is 26.6 Å². The lowest BCUT2D eigenvalue weighted by Gasteiger charge is -2.28. The maximum atomic E-state index is 5.39. The van der Waals surface area contributed by atoms with Crippen LogP contribution in [-0.2, 0) is 15.9 Å². The van der Waals surface area contributed by atoms with E-state index in [2.05, 4.69) is 40.8 Å². The highest BCUT2D eigenvalue weighted by Gasteiger charge is 2.19. The Morgan fingerprint density at radius 2 is 2.10 bits per heavy atom. The van der Waals surface area contributed by atoms with E-state index in [9.17, 15) is 0 Å². The van der Waals surface area contributed by atoms with Crippen LogP contribution in [0, 0.1) is 0 Å². The number of rotatable bonds is 4. The van der Waals surface area contributed by atoms with E-state index >= 15 is 0 Å². The fraction of sp³-hybridized carbons (Fsp3) is 0.583. The minimum atomic E-state index is 0.601. The van der Waals surface area contributed by atoms with E-state index in [1.807, 2.05) is 0 Å². The molecule has 3 heterocycles. The van der Waals surface area contributed by atoms with Crippen molar-refractivity contribution in [3.05, 3.63) is 10.6 Å². The first-order valence-electron chi connectivity index (χ1n) is 6.51. The Labute approximate surface area is 124 Å². The summed E-state index contributed by atoms with van der Waals surface area (Å²) in [5.74, 6) is 1.63. The molecule has 2 aromatic rings. The van der Waals surface area contributed by atoms with Crippen LogP contribution in [0.3, 0.4) is 0 Å². The first kappa shape index (κ1) is 13.7. The number of nitrogens with one attached hydrogen (secondary N) is 1. The maximum Gasteiger partial charge on any atom is 0.176 e. The van der Waals surface area contributed by atoms with Crippen LogP contribution in [0.15, 0.2) is 4.73 Å². The zero-order chi connectivity index (χ0) is 13.9. The van der Waals surface area contributed by atoms with Gasteiger partial charge >= 0.3 is 0 Å². The van der Waals surface area contributed by atoms with Crippen LogP contribution < -0.4 is 4.90 Å². The van der Waals surface area contributed by atoms with Gasteiger partial charge in [0.2, 0.25) is 0 Å². The maximum absolute atomic E-state index is 5.39. The van der Waals surface area contributed by atoms with Gasteiger partial charge in [-0.25, -0.2) is 15.0 Å². The lowest BCUT2D eigenvalue weighted by molar-refractivity contribution is 0.122. The molecule has 0 atom stereocenters. The van der Waals surface area contributed by atoms with Crippen molar-refractivity contribution < 1.29 is 9.47 Å². The van der Waals surface area contributed by atoms with Crippen molar-refractivity contribution >= 4 is 32.9 Å². The highest BCUT2D eigenvalue weighted by atomic mass is 79.9. The lowest BCUT2D eigenvalue weighted by atomic mass is 10.3. The monoisotopic (exact) mass is 341 g/mol. The number of hydrogen-bond donors (Lipinski definition) is 1. The van der Waals surface area contributed by atoms with E-state index in [0.717, 1.165) is 35.9 Å². The Balaban J connectivity index is 2.01. The van der Waals surface area contributed by atoms with Crippen LogP contribution in [0.2, 0.25) is 0 Å². The molecule has 0 spiro atoms. The standard InChI is InChI=1S/C12H16BrN5O2/c1-19-5-2-8-14-10-9(16-12(13)17-10)11(15-8)18-3-6-20-7-4-18/h2-7H2,1H3,(H,14,15,16,17). The quantitative estimate of drug-likeness (QED) is 0.840. The molecule has 0 radical (unpaired) electrons. The number of anilines is 1. The normalized spacial score (nSPS) is 16.0. The zero-order valence-corrected chi connectivity index (χ0v) is 12.8. The van der Waals surface area contributed by atoms with Crippen molar-refractivity contribution in [2.24, 2.45) is 0 Å². The Kier molecular flexibility index (Phi) is 4.13. The molecule has 1 fully saturated rings. The summed E-state index contributed by atoms with van der Waals surface area (Å²) in [5.41, 5.74) is 1.54. The van der Waals surface area contributed by atoms with Gasteiger partial charge in [0.25, 0.3) is 0 Å². The number of morpholine rings is 1. The predicted molar refractivity (Wildman–Crippen MR) is 78.0 cm³/mol. The third-order valence-corrected chi connectivity index (χ3v) is 3.56. The van der Waals surface area contributed by atoms with Crippen molar-refractivity contribution in [3.8, 4) is 0 Å². The van der Waals surface area contributed by atoms with E-state index in [0.29, 0.717) is 31.0 Å². The van der Waals surface area contributed by atoms with Crippen molar-refractivity contribution in [3.63, 3.8) is 0 Å². The number of methoxy groups -OCH3 is 1. The van der Waals surface area contributed by atoms with Crippen LogP contribution in [0.5, 0.6) is 0 Å². The molecule has 1 aliphatic rings. The Bertz CT molecular complexity index is 597. The van der Waals surface area contributed by atoms with Gasteiger partial charge in [-0.15, -0.1) is 0 Å². The van der Waals surface area contributed by atoms with Crippen LogP contribution >= 0.6 is 15.9 Å². The number of aromatic amines is 1. The molecule has 1 N–H and O–H groups in total. The Hall–Kier alpha value is -1.25. The van der Waals surface area contributed by atoms with Gasteiger partial charge < -0.3 is 19.4 Å². The largest absolute Gasteiger partial charge is 0.384 e. The second-order valence-electron chi connectivity index (χ2n) is 4.53. The molecule has 7 nitrogen and oxygen atoms in total. The first-order valence-corrected chi connectivity index (χ1v) is 7.31. The topological polar surface area (TPSA) is 76.2 Å². The molecule has 0 aromatic carbocycles. The van der Waals surface area contributed by atoms with Crippen LogP contribution in [0.4, 0.5) is 5.82 Å². The average molecular weight is 342 g/mol. The number of H-pyrrole nitrogens is 1. The van der Waals surface area contributed by atoms with Gasteiger partial charge in [-0.3, -0.25) is 0 Å². The van der Waals surface area contributed by atoms with Crippen LogP contribution in [-0.4, -0.2) is 60.0 Å². The first-order chi connectivity index (χ1) is 9.78. The second-order valence-corrected chi connectivity index (χ2v) is 5.28. The van der Waals surface area contributed by atoms with Gasteiger partial charge in [0.05, 0.1) is 19.8 Å². The summed E-state index contributed by atoms with van der Waals surface area (Å²) >= 11 is 3.36. The summed E-state index contributed by atoms with van der Waals surface area (Å²) < 4.78 is 11.2. The number of hydrogen-bond acceptors (Lipinski definition) is 6. The third-order valence-electron chi connectivity index (χ3n) is 3.18. The molecular weight excluding hydrogens is 326 g/mol. The molecule has 0 bridgehead atoms. The molecule has 0 saturated carbocycles. The Morgan fingerprint density at radius 1 is 1.30 bits per heavy atom. The minimum absolute atomic E-state index is 0.601. The fourth-order valence-corrected chi connectivity index (χ4v) is 2.57. The van der Waals surface area contributed by atoms with E-state index in [1.54, 1.807) is 7.11 Å². The highest BCUT2D eigenvalue weighted by molar-refractivity contribution is 9.10. The number of nitrogens with zero attached hydrogens (tertiary/aromatic N) is 4. The summed E-state index contributed by atoms with van der Waals surface area (Å²) in [6, 6.07) is 0. The number of ether oxygens (including phenoxy) is 2.